The maximum atomic E-state index is 11.3. The molecule has 3 N–H and O–H groups in total. The molecular weight excluding hydrogens is 170 g/mol. The SMILES string of the molecule is CCOC(=O)C1CC[C@H](O)C(N)C1. The van der Waals surface area contributed by atoms with Crippen molar-refractivity contribution < 1.29 is 14.6 Å². The molecule has 1 fully saturated rings. The Kier molecular flexibility index (Phi) is 3.69. The molecule has 0 radical (unpaired) electrons. The van der Waals surface area contributed by atoms with Crippen LogP contribution in [0.2, 0.25) is 0 Å². The van der Waals surface area contributed by atoms with Crippen LogP contribution in [-0.2, 0) is 9.53 Å². The quantitative estimate of drug-likeness (QED) is 0.598. The average molecular weight is 187 g/mol. The van der Waals surface area contributed by atoms with E-state index in [0.717, 1.165) is 0 Å². The number of carbonyl (C=O) groups excluding carboxylic acids is 1. The van der Waals surface area contributed by atoms with Crippen LogP contribution in [-0.4, -0.2) is 29.8 Å². The first-order chi connectivity index (χ1) is 6.15. The molecule has 0 aromatic heterocycles. The summed E-state index contributed by atoms with van der Waals surface area (Å²) < 4.78 is 4.89. The van der Waals surface area contributed by atoms with Gasteiger partial charge in [-0.3, -0.25) is 4.79 Å². The number of esters is 1. The predicted molar refractivity (Wildman–Crippen MR) is 48.0 cm³/mol. The smallest absolute Gasteiger partial charge is 0.308 e. The van der Waals surface area contributed by atoms with Crippen molar-refractivity contribution in [2.45, 2.75) is 38.3 Å². The summed E-state index contributed by atoms with van der Waals surface area (Å²) in [6.45, 7) is 2.20. The molecule has 0 bridgehead atoms. The molecular formula is C9H17NO3. The molecule has 0 spiro atoms. The second kappa shape index (κ2) is 4.58. The predicted octanol–water partition coefficient (Wildman–Crippen LogP) is 0.0378. The molecule has 3 atom stereocenters. The number of nitrogens with two attached hydrogens (primary N) is 1. The summed E-state index contributed by atoms with van der Waals surface area (Å²) in [5.74, 6) is -0.289. The monoisotopic (exact) mass is 187 g/mol. The first-order valence-corrected chi connectivity index (χ1v) is 4.75. The van der Waals surface area contributed by atoms with Crippen molar-refractivity contribution in [3.05, 3.63) is 0 Å². The van der Waals surface area contributed by atoms with Gasteiger partial charge in [-0.05, 0) is 26.2 Å². The number of carbonyl (C=O) groups is 1. The Labute approximate surface area is 78.1 Å². The van der Waals surface area contributed by atoms with E-state index >= 15 is 0 Å². The van der Waals surface area contributed by atoms with E-state index in [1.165, 1.54) is 0 Å². The third-order valence-corrected chi connectivity index (χ3v) is 2.48. The van der Waals surface area contributed by atoms with Gasteiger partial charge in [0.1, 0.15) is 0 Å². The van der Waals surface area contributed by atoms with Crippen molar-refractivity contribution in [3.8, 4) is 0 Å². The summed E-state index contributed by atoms with van der Waals surface area (Å²) in [4.78, 5) is 11.3. The van der Waals surface area contributed by atoms with Crippen LogP contribution in [0.25, 0.3) is 0 Å². The lowest BCUT2D eigenvalue weighted by Crippen LogP contribution is -2.42. The minimum atomic E-state index is -0.453. The highest BCUT2D eigenvalue weighted by molar-refractivity contribution is 5.72. The molecule has 4 heteroatoms. The molecule has 0 amide bonds. The van der Waals surface area contributed by atoms with Crippen LogP contribution in [0, 0.1) is 5.92 Å². The summed E-state index contributed by atoms with van der Waals surface area (Å²) in [5.41, 5.74) is 5.64. The van der Waals surface area contributed by atoms with E-state index in [9.17, 15) is 9.90 Å². The highest BCUT2D eigenvalue weighted by Gasteiger charge is 2.31. The van der Waals surface area contributed by atoms with Crippen LogP contribution in [0.15, 0.2) is 0 Å². The number of hydrogen-bond donors (Lipinski definition) is 2. The van der Waals surface area contributed by atoms with Crippen molar-refractivity contribution in [1.29, 1.82) is 0 Å². The molecule has 1 rings (SSSR count). The number of ether oxygens (including phenoxy) is 1. The number of hydrogen-bond acceptors (Lipinski definition) is 4. The van der Waals surface area contributed by atoms with Crippen LogP contribution < -0.4 is 5.73 Å². The first-order valence-electron chi connectivity index (χ1n) is 4.75. The molecule has 13 heavy (non-hydrogen) atoms. The van der Waals surface area contributed by atoms with Crippen LogP contribution in [0.3, 0.4) is 0 Å². The maximum Gasteiger partial charge on any atom is 0.308 e. The minimum Gasteiger partial charge on any atom is -0.466 e. The molecule has 0 aromatic carbocycles. The second-order valence-electron chi connectivity index (χ2n) is 3.49. The Morgan fingerprint density at radius 1 is 1.62 bits per heavy atom. The lowest BCUT2D eigenvalue weighted by molar-refractivity contribution is -0.150. The van der Waals surface area contributed by atoms with Crippen molar-refractivity contribution in [2.75, 3.05) is 6.61 Å². The van der Waals surface area contributed by atoms with Crippen LogP contribution >= 0.6 is 0 Å². The molecule has 1 aliphatic carbocycles. The standard InChI is InChI=1S/C9H17NO3/c1-2-13-9(12)6-3-4-8(11)7(10)5-6/h6-8,11H,2-5,10H2,1H3/t6?,7?,8-/m0/s1. The van der Waals surface area contributed by atoms with Gasteiger partial charge in [-0.2, -0.15) is 0 Å². The molecule has 0 saturated heterocycles. The van der Waals surface area contributed by atoms with Crippen molar-refractivity contribution >= 4 is 5.97 Å². The van der Waals surface area contributed by atoms with E-state index in [-0.39, 0.29) is 17.9 Å². The minimum absolute atomic E-state index is 0.113. The first kappa shape index (κ1) is 10.5. The number of rotatable bonds is 2. The van der Waals surface area contributed by atoms with E-state index in [1.54, 1.807) is 6.92 Å². The number of aliphatic hydroxyl groups excluding tert-OH is 1. The van der Waals surface area contributed by atoms with E-state index in [4.69, 9.17) is 10.5 Å². The molecule has 4 nitrogen and oxygen atoms in total. The summed E-state index contributed by atoms with van der Waals surface area (Å²) in [5, 5.41) is 9.33. The highest BCUT2D eigenvalue weighted by Crippen LogP contribution is 2.24. The van der Waals surface area contributed by atoms with Gasteiger partial charge < -0.3 is 15.6 Å². The van der Waals surface area contributed by atoms with Crippen LogP contribution in [0.5, 0.6) is 0 Å². The largest absolute Gasteiger partial charge is 0.466 e. The summed E-state index contributed by atoms with van der Waals surface area (Å²) in [7, 11) is 0. The fourth-order valence-electron chi connectivity index (χ4n) is 1.66. The van der Waals surface area contributed by atoms with E-state index < -0.39 is 6.10 Å². The summed E-state index contributed by atoms with van der Waals surface area (Å²) >= 11 is 0. The Hall–Kier alpha value is -0.610. The Morgan fingerprint density at radius 3 is 2.85 bits per heavy atom. The normalized spacial score (nSPS) is 34.2. The van der Waals surface area contributed by atoms with Crippen molar-refractivity contribution in [2.24, 2.45) is 11.7 Å². The van der Waals surface area contributed by atoms with Gasteiger partial charge in [0.2, 0.25) is 0 Å². The van der Waals surface area contributed by atoms with Gasteiger partial charge in [-0.15, -0.1) is 0 Å². The average Bonchev–Trinajstić information content (AvgIpc) is 2.10. The van der Waals surface area contributed by atoms with Gasteiger partial charge >= 0.3 is 5.97 Å². The fourth-order valence-corrected chi connectivity index (χ4v) is 1.66. The molecule has 0 aliphatic heterocycles. The van der Waals surface area contributed by atoms with Crippen LogP contribution in [0.1, 0.15) is 26.2 Å². The molecule has 1 aliphatic rings. The zero-order chi connectivity index (χ0) is 9.84. The van der Waals surface area contributed by atoms with Gasteiger partial charge in [-0.25, -0.2) is 0 Å². The van der Waals surface area contributed by atoms with Gasteiger partial charge in [0.05, 0.1) is 18.6 Å². The summed E-state index contributed by atoms with van der Waals surface area (Å²) in [6.07, 6.45) is 1.38. The third kappa shape index (κ3) is 2.67. The van der Waals surface area contributed by atoms with Gasteiger partial charge in [0.25, 0.3) is 0 Å². The summed E-state index contributed by atoms with van der Waals surface area (Å²) in [6, 6.07) is -0.275. The second-order valence-corrected chi connectivity index (χ2v) is 3.49. The highest BCUT2D eigenvalue weighted by atomic mass is 16.5. The molecule has 2 unspecified atom stereocenters. The van der Waals surface area contributed by atoms with Crippen molar-refractivity contribution in [3.63, 3.8) is 0 Å². The molecule has 76 valence electrons. The molecule has 1 saturated carbocycles. The van der Waals surface area contributed by atoms with Crippen molar-refractivity contribution in [1.82, 2.24) is 0 Å². The number of aliphatic hydroxyl groups is 1. The maximum absolute atomic E-state index is 11.3. The Morgan fingerprint density at radius 2 is 2.31 bits per heavy atom. The van der Waals surface area contributed by atoms with E-state index in [2.05, 4.69) is 0 Å². The lowest BCUT2D eigenvalue weighted by atomic mass is 9.84. The molecule has 0 heterocycles. The topological polar surface area (TPSA) is 72.5 Å². The third-order valence-electron chi connectivity index (χ3n) is 2.48. The lowest BCUT2D eigenvalue weighted by Gasteiger charge is -2.29. The Bertz CT molecular complexity index is 184. The molecule has 0 aromatic rings. The zero-order valence-electron chi connectivity index (χ0n) is 7.90. The zero-order valence-corrected chi connectivity index (χ0v) is 7.90. The van der Waals surface area contributed by atoms with Gasteiger partial charge in [-0.1, -0.05) is 0 Å². The Balaban J connectivity index is 2.40. The van der Waals surface area contributed by atoms with Gasteiger partial charge in [0.15, 0.2) is 0 Å². The van der Waals surface area contributed by atoms with E-state index in [1.807, 2.05) is 0 Å². The van der Waals surface area contributed by atoms with Gasteiger partial charge in [0, 0.05) is 6.04 Å². The van der Waals surface area contributed by atoms with Crippen LogP contribution in [0.4, 0.5) is 0 Å². The van der Waals surface area contributed by atoms with E-state index in [0.29, 0.717) is 25.9 Å². The fraction of sp³-hybridized carbons (Fsp3) is 0.889.